The lowest BCUT2D eigenvalue weighted by molar-refractivity contribution is -0.137. The zero-order valence-electron chi connectivity index (χ0n) is 19.0. The van der Waals surface area contributed by atoms with Gasteiger partial charge in [-0.15, -0.1) is 0 Å². The maximum Gasteiger partial charge on any atom is 0.277 e. The Balaban J connectivity index is 1.32. The van der Waals surface area contributed by atoms with Crippen LogP contribution < -0.4 is 15.8 Å². The van der Waals surface area contributed by atoms with Crippen LogP contribution in [0.4, 0.5) is 11.4 Å². The SMILES string of the molecule is Nc1ccc(Oc2cccc(-c3nc(-c4cccc(NC5=CC(=O)N(CCO)C5=O)c4)n[nH]3)c2)cc1. The lowest BCUT2D eigenvalue weighted by Gasteiger charge is -2.13. The summed E-state index contributed by atoms with van der Waals surface area (Å²) in [6, 6.07) is 21.8. The summed E-state index contributed by atoms with van der Waals surface area (Å²) in [5, 5.41) is 19.3. The Labute approximate surface area is 206 Å². The van der Waals surface area contributed by atoms with Crippen molar-refractivity contribution >= 4 is 23.2 Å². The molecule has 2 heterocycles. The smallest absolute Gasteiger partial charge is 0.277 e. The predicted molar refractivity (Wildman–Crippen MR) is 134 cm³/mol. The summed E-state index contributed by atoms with van der Waals surface area (Å²) in [5.74, 6) is 1.38. The molecule has 0 radical (unpaired) electrons. The second-order valence-electron chi connectivity index (χ2n) is 7.99. The minimum absolute atomic E-state index is 0.0500. The van der Waals surface area contributed by atoms with E-state index in [2.05, 4.69) is 20.5 Å². The Hall–Kier alpha value is -4.96. The molecule has 1 aliphatic heterocycles. The van der Waals surface area contributed by atoms with Gasteiger partial charge in [0.2, 0.25) is 0 Å². The van der Waals surface area contributed by atoms with Crippen molar-refractivity contribution in [3.8, 4) is 34.3 Å². The van der Waals surface area contributed by atoms with Crippen LogP contribution in [0.2, 0.25) is 0 Å². The Bertz CT molecular complexity index is 1460. The van der Waals surface area contributed by atoms with Crippen LogP contribution in [0.3, 0.4) is 0 Å². The summed E-state index contributed by atoms with van der Waals surface area (Å²) < 4.78 is 5.91. The summed E-state index contributed by atoms with van der Waals surface area (Å²) in [7, 11) is 0. The number of amides is 2. The Morgan fingerprint density at radius 1 is 0.972 bits per heavy atom. The number of aromatic nitrogens is 3. The summed E-state index contributed by atoms with van der Waals surface area (Å²) in [6.45, 7) is -0.344. The second-order valence-corrected chi connectivity index (χ2v) is 7.99. The average molecular weight is 483 g/mol. The van der Waals surface area contributed by atoms with Gasteiger partial charge in [-0.2, -0.15) is 5.10 Å². The molecular weight excluding hydrogens is 460 g/mol. The van der Waals surface area contributed by atoms with Gasteiger partial charge in [-0.3, -0.25) is 19.6 Å². The quantitative estimate of drug-likeness (QED) is 0.221. The highest BCUT2D eigenvalue weighted by atomic mass is 16.5. The minimum Gasteiger partial charge on any atom is -0.457 e. The van der Waals surface area contributed by atoms with Crippen molar-refractivity contribution in [2.75, 3.05) is 24.2 Å². The number of ether oxygens (including phenoxy) is 1. The molecule has 180 valence electrons. The van der Waals surface area contributed by atoms with E-state index >= 15 is 0 Å². The molecule has 1 aromatic heterocycles. The van der Waals surface area contributed by atoms with Crippen LogP contribution in [0, 0.1) is 0 Å². The summed E-state index contributed by atoms with van der Waals surface area (Å²) in [5.41, 5.74) is 8.62. The molecule has 0 bridgehead atoms. The molecule has 0 saturated carbocycles. The fraction of sp³-hybridized carbons (Fsp3) is 0.0769. The molecule has 36 heavy (non-hydrogen) atoms. The highest BCUT2D eigenvalue weighted by Gasteiger charge is 2.30. The minimum atomic E-state index is -0.485. The first kappa shape index (κ1) is 22.8. The number of carbonyl (C=O) groups excluding carboxylic acids is 2. The van der Waals surface area contributed by atoms with Crippen molar-refractivity contribution in [2.24, 2.45) is 0 Å². The van der Waals surface area contributed by atoms with Crippen molar-refractivity contribution in [3.63, 3.8) is 0 Å². The molecule has 0 atom stereocenters. The monoisotopic (exact) mass is 482 g/mol. The Morgan fingerprint density at radius 2 is 1.75 bits per heavy atom. The van der Waals surface area contributed by atoms with E-state index < -0.39 is 11.8 Å². The van der Waals surface area contributed by atoms with E-state index in [1.807, 2.05) is 30.3 Å². The van der Waals surface area contributed by atoms with E-state index in [1.165, 1.54) is 6.08 Å². The van der Waals surface area contributed by atoms with E-state index in [4.69, 9.17) is 15.6 Å². The standard InChI is InChI=1S/C26H22N6O4/c27-18-7-9-20(10-8-18)36-21-6-2-4-17(14-21)25-29-24(30-31-25)16-3-1-5-19(13-16)28-22-15-23(34)32(11-12-33)26(22)35/h1-10,13-15,28,33H,11-12,27H2,(H,29,30,31). The van der Waals surface area contributed by atoms with Gasteiger partial charge in [0.1, 0.15) is 17.2 Å². The number of aliphatic hydroxyl groups excluding tert-OH is 1. The van der Waals surface area contributed by atoms with Crippen LogP contribution in [0.5, 0.6) is 11.5 Å². The number of β-amino-alcohol motifs (C(OH)–C–C–N with tert-alkyl or cyclic N) is 1. The number of aliphatic hydroxyl groups is 1. The number of imide groups is 1. The van der Waals surface area contributed by atoms with Gasteiger partial charge in [-0.25, -0.2) is 4.98 Å². The third-order valence-corrected chi connectivity index (χ3v) is 5.44. The molecule has 2 amide bonds. The van der Waals surface area contributed by atoms with Crippen molar-refractivity contribution in [1.29, 1.82) is 0 Å². The van der Waals surface area contributed by atoms with Gasteiger partial charge in [-0.05, 0) is 48.5 Å². The van der Waals surface area contributed by atoms with E-state index in [0.717, 1.165) is 10.5 Å². The molecule has 5 rings (SSSR count). The summed E-state index contributed by atoms with van der Waals surface area (Å²) >= 11 is 0. The molecule has 0 unspecified atom stereocenters. The number of benzene rings is 3. The molecule has 3 aromatic carbocycles. The van der Waals surface area contributed by atoms with Crippen LogP contribution in [0.15, 0.2) is 84.6 Å². The maximum atomic E-state index is 12.4. The highest BCUT2D eigenvalue weighted by molar-refractivity contribution is 6.17. The van der Waals surface area contributed by atoms with E-state index in [9.17, 15) is 9.59 Å². The zero-order chi connectivity index (χ0) is 25.1. The number of nitrogens with zero attached hydrogens (tertiary/aromatic N) is 3. The van der Waals surface area contributed by atoms with Gasteiger partial charge in [0.05, 0.1) is 13.2 Å². The number of carbonyl (C=O) groups is 2. The number of rotatable bonds is 8. The second kappa shape index (κ2) is 9.72. The Kier molecular flexibility index (Phi) is 6.16. The molecule has 0 aliphatic carbocycles. The first-order chi connectivity index (χ1) is 17.5. The topological polar surface area (TPSA) is 146 Å². The van der Waals surface area contributed by atoms with E-state index in [-0.39, 0.29) is 18.8 Å². The number of hydrogen-bond acceptors (Lipinski definition) is 8. The molecule has 1 aliphatic rings. The van der Waals surface area contributed by atoms with Crippen molar-refractivity contribution < 1.29 is 19.4 Å². The normalized spacial score (nSPS) is 13.1. The molecule has 5 N–H and O–H groups in total. The van der Waals surface area contributed by atoms with Crippen LogP contribution in [0.1, 0.15) is 0 Å². The molecule has 0 fully saturated rings. The van der Waals surface area contributed by atoms with Crippen molar-refractivity contribution in [2.45, 2.75) is 0 Å². The summed E-state index contributed by atoms with van der Waals surface area (Å²) in [6.07, 6.45) is 1.22. The molecule has 0 spiro atoms. The number of nitrogens with one attached hydrogen (secondary N) is 2. The van der Waals surface area contributed by atoms with Crippen molar-refractivity contribution in [3.05, 3.63) is 84.6 Å². The average Bonchev–Trinajstić information content (AvgIpc) is 3.48. The lowest BCUT2D eigenvalue weighted by atomic mass is 10.1. The summed E-state index contributed by atoms with van der Waals surface area (Å²) in [4.78, 5) is 30.0. The number of nitrogens with two attached hydrogens (primary N) is 1. The van der Waals surface area contributed by atoms with Gasteiger partial charge in [0, 0.05) is 28.6 Å². The van der Waals surface area contributed by atoms with Crippen LogP contribution in [-0.4, -0.2) is 50.2 Å². The van der Waals surface area contributed by atoms with Gasteiger partial charge >= 0.3 is 0 Å². The molecule has 0 saturated heterocycles. The van der Waals surface area contributed by atoms with Crippen LogP contribution in [-0.2, 0) is 9.59 Å². The molecule has 4 aromatic rings. The van der Waals surface area contributed by atoms with E-state index in [0.29, 0.717) is 40.1 Å². The third-order valence-electron chi connectivity index (χ3n) is 5.44. The predicted octanol–water partition coefficient (Wildman–Crippen LogP) is 3.17. The molecule has 10 heteroatoms. The van der Waals surface area contributed by atoms with Gasteiger partial charge < -0.3 is 20.9 Å². The fourth-order valence-corrected chi connectivity index (χ4v) is 3.70. The maximum absolute atomic E-state index is 12.4. The van der Waals surface area contributed by atoms with Gasteiger partial charge in [0.25, 0.3) is 11.8 Å². The molecule has 10 nitrogen and oxygen atoms in total. The van der Waals surface area contributed by atoms with Crippen LogP contribution in [0.25, 0.3) is 22.8 Å². The Morgan fingerprint density at radius 3 is 2.56 bits per heavy atom. The number of H-pyrrole nitrogens is 1. The number of aromatic amines is 1. The third kappa shape index (κ3) is 4.79. The highest BCUT2D eigenvalue weighted by Crippen LogP contribution is 2.28. The van der Waals surface area contributed by atoms with Crippen LogP contribution >= 0.6 is 0 Å². The van der Waals surface area contributed by atoms with Gasteiger partial charge in [0.15, 0.2) is 11.6 Å². The van der Waals surface area contributed by atoms with Gasteiger partial charge in [-0.1, -0.05) is 24.3 Å². The van der Waals surface area contributed by atoms with Crippen molar-refractivity contribution in [1.82, 2.24) is 20.1 Å². The number of anilines is 2. The first-order valence-electron chi connectivity index (χ1n) is 11.1. The first-order valence-corrected chi connectivity index (χ1v) is 11.1. The zero-order valence-corrected chi connectivity index (χ0v) is 19.0. The largest absolute Gasteiger partial charge is 0.457 e. The number of hydrogen-bond donors (Lipinski definition) is 4. The molecular formula is C26H22N6O4. The lowest BCUT2D eigenvalue weighted by Crippen LogP contribution is -2.34. The fourth-order valence-electron chi connectivity index (χ4n) is 3.70. The number of nitrogen functional groups attached to an aromatic ring is 1. The van der Waals surface area contributed by atoms with E-state index in [1.54, 1.807) is 42.5 Å².